The van der Waals surface area contributed by atoms with Crippen molar-refractivity contribution in [3.63, 3.8) is 0 Å². The molecule has 0 saturated carbocycles. The Morgan fingerprint density at radius 3 is 2.36 bits per heavy atom. The van der Waals surface area contributed by atoms with E-state index in [-0.39, 0.29) is 19.7 Å². The highest BCUT2D eigenvalue weighted by atomic mass is 16.6. The second-order valence-electron chi connectivity index (χ2n) is 6.66. The molecule has 0 N–H and O–H groups in total. The van der Waals surface area contributed by atoms with Crippen LogP contribution in [0, 0.1) is 0 Å². The van der Waals surface area contributed by atoms with Crippen LogP contribution < -0.4 is 0 Å². The van der Waals surface area contributed by atoms with Gasteiger partial charge in [0.15, 0.2) is 0 Å². The predicted octanol–water partition coefficient (Wildman–Crippen LogP) is 3.39. The summed E-state index contributed by atoms with van der Waals surface area (Å²) >= 11 is 0. The lowest BCUT2D eigenvalue weighted by Crippen LogP contribution is -2.42. The van der Waals surface area contributed by atoms with Crippen molar-refractivity contribution in [2.24, 2.45) is 0 Å². The van der Waals surface area contributed by atoms with Crippen molar-refractivity contribution in [1.82, 2.24) is 4.90 Å². The van der Waals surface area contributed by atoms with Gasteiger partial charge in [-0.1, -0.05) is 37.3 Å². The van der Waals surface area contributed by atoms with Gasteiger partial charge in [-0.15, -0.1) is 0 Å². The number of hydrogen-bond donors (Lipinski definition) is 0. The zero-order valence-corrected chi connectivity index (χ0v) is 15.6. The third kappa shape index (κ3) is 9.72. The highest BCUT2D eigenvalue weighted by molar-refractivity contribution is 5.78. The van der Waals surface area contributed by atoms with E-state index in [4.69, 9.17) is 14.2 Å². The van der Waals surface area contributed by atoms with Gasteiger partial charge in [-0.05, 0) is 32.8 Å². The van der Waals surface area contributed by atoms with Crippen LogP contribution in [0.2, 0.25) is 0 Å². The molecule has 0 radical (unpaired) electrons. The minimum absolute atomic E-state index is 0.169. The number of ether oxygens (including phenoxy) is 3. The number of benzene rings is 1. The first-order valence-corrected chi connectivity index (χ1v) is 8.57. The Morgan fingerprint density at radius 2 is 1.76 bits per heavy atom. The summed E-state index contributed by atoms with van der Waals surface area (Å²) in [5.41, 5.74) is 0.263. The van der Waals surface area contributed by atoms with E-state index < -0.39 is 17.7 Å². The van der Waals surface area contributed by atoms with E-state index in [0.29, 0.717) is 13.2 Å². The molecule has 6 heteroatoms. The lowest BCUT2D eigenvalue weighted by Gasteiger charge is -2.26. The molecule has 0 spiro atoms. The number of nitrogens with zero attached hydrogens (tertiary/aromatic N) is 1. The molecular weight excluding hydrogens is 322 g/mol. The Bertz CT molecular complexity index is 524. The quantitative estimate of drug-likeness (QED) is 0.504. The Hall–Kier alpha value is -2.08. The molecule has 0 atom stereocenters. The average Bonchev–Trinajstić information content (AvgIpc) is 2.55. The van der Waals surface area contributed by atoms with Crippen LogP contribution in [0.5, 0.6) is 0 Å². The lowest BCUT2D eigenvalue weighted by molar-refractivity contribution is -0.146. The first-order valence-electron chi connectivity index (χ1n) is 8.57. The standard InChI is InChI=1S/C19H29NO5/c1-5-12-23-13-11-20(18(22)25-19(2,3)4)14-17(21)24-15-16-9-7-6-8-10-16/h6-10H,5,11-15H2,1-4H3. The molecule has 1 rings (SSSR count). The SMILES string of the molecule is CCCOCCN(CC(=O)OCc1ccccc1)C(=O)OC(C)(C)C. The van der Waals surface area contributed by atoms with Crippen molar-refractivity contribution in [2.45, 2.75) is 46.3 Å². The van der Waals surface area contributed by atoms with Gasteiger partial charge in [0, 0.05) is 13.2 Å². The van der Waals surface area contributed by atoms with Crippen LogP contribution in [0.25, 0.3) is 0 Å². The van der Waals surface area contributed by atoms with Crippen LogP contribution in [-0.4, -0.2) is 48.9 Å². The van der Waals surface area contributed by atoms with E-state index in [2.05, 4.69) is 0 Å². The summed E-state index contributed by atoms with van der Waals surface area (Å²) < 4.78 is 16.0. The van der Waals surface area contributed by atoms with Crippen molar-refractivity contribution in [3.8, 4) is 0 Å². The van der Waals surface area contributed by atoms with Gasteiger partial charge in [-0.25, -0.2) is 4.79 Å². The van der Waals surface area contributed by atoms with Gasteiger partial charge in [0.05, 0.1) is 6.61 Å². The van der Waals surface area contributed by atoms with Crippen LogP contribution in [0.15, 0.2) is 30.3 Å². The molecule has 0 saturated heterocycles. The Morgan fingerprint density at radius 1 is 1.08 bits per heavy atom. The van der Waals surface area contributed by atoms with E-state index in [1.54, 1.807) is 20.8 Å². The molecule has 0 aromatic heterocycles. The van der Waals surface area contributed by atoms with Gasteiger partial charge in [-0.2, -0.15) is 0 Å². The van der Waals surface area contributed by atoms with E-state index >= 15 is 0 Å². The molecule has 0 bridgehead atoms. The number of hydrogen-bond acceptors (Lipinski definition) is 5. The fraction of sp³-hybridized carbons (Fsp3) is 0.579. The van der Waals surface area contributed by atoms with Gasteiger partial charge < -0.3 is 14.2 Å². The van der Waals surface area contributed by atoms with E-state index in [9.17, 15) is 9.59 Å². The molecule has 25 heavy (non-hydrogen) atoms. The van der Waals surface area contributed by atoms with Crippen molar-refractivity contribution < 1.29 is 23.8 Å². The normalized spacial score (nSPS) is 11.0. The summed E-state index contributed by atoms with van der Waals surface area (Å²) in [6.07, 6.45) is 0.343. The Balaban J connectivity index is 2.54. The molecule has 1 aromatic carbocycles. The third-order valence-electron chi connectivity index (χ3n) is 3.07. The number of amides is 1. The third-order valence-corrected chi connectivity index (χ3v) is 3.07. The topological polar surface area (TPSA) is 65.1 Å². The maximum absolute atomic E-state index is 12.3. The van der Waals surface area contributed by atoms with Gasteiger partial charge in [0.25, 0.3) is 0 Å². The second kappa shape index (κ2) is 10.7. The molecule has 0 aliphatic rings. The minimum atomic E-state index is -0.631. The van der Waals surface area contributed by atoms with Crippen LogP contribution in [0.1, 0.15) is 39.7 Å². The first-order chi connectivity index (χ1) is 11.8. The average molecular weight is 351 g/mol. The van der Waals surface area contributed by atoms with E-state index in [0.717, 1.165) is 12.0 Å². The van der Waals surface area contributed by atoms with E-state index in [1.807, 2.05) is 37.3 Å². The van der Waals surface area contributed by atoms with Crippen molar-refractivity contribution >= 4 is 12.1 Å². The Labute approximate surface area is 150 Å². The molecule has 1 amide bonds. The molecular formula is C19H29NO5. The molecule has 0 fully saturated rings. The molecule has 0 aliphatic carbocycles. The molecule has 0 unspecified atom stereocenters. The first kappa shape index (κ1) is 21.0. The highest BCUT2D eigenvalue weighted by Crippen LogP contribution is 2.10. The van der Waals surface area contributed by atoms with Crippen molar-refractivity contribution in [3.05, 3.63) is 35.9 Å². The van der Waals surface area contributed by atoms with Gasteiger partial charge >= 0.3 is 12.1 Å². The van der Waals surface area contributed by atoms with Crippen LogP contribution in [0.3, 0.4) is 0 Å². The highest BCUT2D eigenvalue weighted by Gasteiger charge is 2.24. The lowest BCUT2D eigenvalue weighted by atomic mass is 10.2. The minimum Gasteiger partial charge on any atom is -0.459 e. The van der Waals surface area contributed by atoms with E-state index in [1.165, 1.54) is 4.90 Å². The summed E-state index contributed by atoms with van der Waals surface area (Å²) in [5.74, 6) is -0.481. The number of carbonyl (C=O) groups excluding carboxylic acids is 2. The molecule has 140 valence electrons. The van der Waals surface area contributed by atoms with Crippen LogP contribution in [-0.2, 0) is 25.6 Å². The van der Waals surface area contributed by atoms with Gasteiger partial charge in [-0.3, -0.25) is 9.69 Å². The zero-order valence-electron chi connectivity index (χ0n) is 15.6. The maximum Gasteiger partial charge on any atom is 0.410 e. The zero-order chi connectivity index (χ0) is 18.7. The fourth-order valence-electron chi connectivity index (χ4n) is 1.92. The number of rotatable bonds is 9. The smallest absolute Gasteiger partial charge is 0.410 e. The monoisotopic (exact) mass is 351 g/mol. The summed E-state index contributed by atoms with van der Waals surface area (Å²) in [5, 5.41) is 0. The van der Waals surface area contributed by atoms with Crippen LogP contribution >= 0.6 is 0 Å². The number of esters is 1. The molecule has 1 aromatic rings. The van der Waals surface area contributed by atoms with Crippen molar-refractivity contribution in [1.29, 1.82) is 0 Å². The maximum atomic E-state index is 12.3. The summed E-state index contributed by atoms with van der Waals surface area (Å²) in [7, 11) is 0. The molecule has 0 heterocycles. The van der Waals surface area contributed by atoms with Gasteiger partial charge in [0.2, 0.25) is 0 Å². The number of carbonyl (C=O) groups is 2. The van der Waals surface area contributed by atoms with Crippen LogP contribution in [0.4, 0.5) is 4.79 Å². The Kier molecular flexibility index (Phi) is 8.99. The molecule has 0 aliphatic heterocycles. The second-order valence-corrected chi connectivity index (χ2v) is 6.66. The molecule has 6 nitrogen and oxygen atoms in total. The largest absolute Gasteiger partial charge is 0.459 e. The summed E-state index contributed by atoms with van der Waals surface area (Å²) in [6.45, 7) is 8.59. The van der Waals surface area contributed by atoms with Gasteiger partial charge in [0.1, 0.15) is 18.8 Å². The predicted molar refractivity (Wildman–Crippen MR) is 95.2 cm³/mol. The summed E-state index contributed by atoms with van der Waals surface area (Å²) in [4.78, 5) is 25.7. The summed E-state index contributed by atoms with van der Waals surface area (Å²) in [6, 6.07) is 9.39. The fourth-order valence-corrected chi connectivity index (χ4v) is 1.92. The van der Waals surface area contributed by atoms with Crippen molar-refractivity contribution in [2.75, 3.05) is 26.3 Å².